The molecule has 0 aromatic carbocycles. The molecular weight excluding hydrogens is 329 g/mol. The Hall–Kier alpha value is -0.360. The van der Waals surface area contributed by atoms with E-state index in [-0.39, 0.29) is 30.7 Å². The quantitative estimate of drug-likeness (QED) is 0.855. The van der Waals surface area contributed by atoms with Crippen LogP contribution in [0.15, 0.2) is 5.38 Å². The van der Waals surface area contributed by atoms with Crippen LogP contribution in [0, 0.1) is 12.8 Å². The van der Waals surface area contributed by atoms with Crippen molar-refractivity contribution >= 4 is 42.1 Å². The molecule has 2 N–H and O–H groups in total. The molecule has 2 heterocycles. The van der Waals surface area contributed by atoms with E-state index in [4.69, 9.17) is 0 Å². The minimum Gasteiger partial charge on any atom is -0.353 e. The normalized spacial score (nSPS) is 21.0. The van der Waals surface area contributed by atoms with Gasteiger partial charge in [0.25, 0.3) is 0 Å². The van der Waals surface area contributed by atoms with Crippen molar-refractivity contribution in [3.63, 3.8) is 0 Å². The average Bonchev–Trinajstić information content (AvgIpc) is 2.78. The molecule has 0 aliphatic carbocycles. The molecule has 1 aliphatic heterocycles. The zero-order chi connectivity index (χ0) is 13.7. The van der Waals surface area contributed by atoms with Gasteiger partial charge in [-0.2, -0.15) is 0 Å². The molecule has 1 amide bonds. The van der Waals surface area contributed by atoms with Gasteiger partial charge >= 0.3 is 0 Å². The number of thiazole rings is 1. The Kier molecular flexibility index (Phi) is 10.2. The number of hydrogen-bond donors (Lipinski definition) is 2. The van der Waals surface area contributed by atoms with E-state index in [2.05, 4.69) is 27.9 Å². The van der Waals surface area contributed by atoms with Gasteiger partial charge in [0, 0.05) is 17.8 Å². The highest BCUT2D eigenvalue weighted by molar-refractivity contribution is 7.09. The number of halogens is 2. The van der Waals surface area contributed by atoms with E-state index in [1.165, 1.54) is 0 Å². The molecule has 2 unspecified atom stereocenters. The first-order chi connectivity index (χ1) is 9.15. The summed E-state index contributed by atoms with van der Waals surface area (Å²) < 4.78 is 0. The molecule has 0 saturated carbocycles. The average molecular weight is 354 g/mol. The summed E-state index contributed by atoms with van der Waals surface area (Å²) >= 11 is 1.67. The maximum atomic E-state index is 11.9. The zero-order valence-electron chi connectivity index (χ0n) is 12.6. The van der Waals surface area contributed by atoms with Gasteiger partial charge in [-0.3, -0.25) is 4.79 Å². The van der Waals surface area contributed by atoms with Crippen LogP contribution in [-0.4, -0.2) is 30.0 Å². The lowest BCUT2D eigenvalue weighted by atomic mass is 9.95. The Balaban J connectivity index is 0.00000200. The van der Waals surface area contributed by atoms with Gasteiger partial charge in [-0.05, 0) is 45.2 Å². The van der Waals surface area contributed by atoms with E-state index >= 15 is 0 Å². The van der Waals surface area contributed by atoms with Gasteiger partial charge in [-0.15, -0.1) is 36.2 Å². The fraction of sp³-hybridized carbons (Fsp3) is 0.714. The molecule has 1 aliphatic rings. The number of amides is 1. The molecule has 1 fully saturated rings. The molecule has 1 aromatic heterocycles. The summed E-state index contributed by atoms with van der Waals surface area (Å²) in [5.74, 6) is 0.713. The van der Waals surface area contributed by atoms with E-state index in [1.807, 2.05) is 6.92 Å². The highest BCUT2D eigenvalue weighted by atomic mass is 35.5. The Morgan fingerprint density at radius 3 is 2.90 bits per heavy atom. The maximum absolute atomic E-state index is 11.9. The summed E-state index contributed by atoms with van der Waals surface area (Å²) in [7, 11) is 0. The molecule has 0 spiro atoms. The molecule has 21 heavy (non-hydrogen) atoms. The van der Waals surface area contributed by atoms with Crippen molar-refractivity contribution in [2.45, 2.75) is 45.6 Å². The summed E-state index contributed by atoms with van der Waals surface area (Å²) in [6.45, 7) is 6.21. The van der Waals surface area contributed by atoms with Gasteiger partial charge in [-0.1, -0.05) is 6.92 Å². The number of rotatable bonds is 5. The van der Waals surface area contributed by atoms with Crippen LogP contribution in [0.3, 0.4) is 0 Å². The van der Waals surface area contributed by atoms with Gasteiger partial charge in [0.2, 0.25) is 5.91 Å². The monoisotopic (exact) mass is 353 g/mol. The number of piperidine rings is 1. The van der Waals surface area contributed by atoms with Gasteiger partial charge in [0.05, 0.1) is 10.7 Å². The number of carbonyl (C=O) groups excluding carboxylic acids is 1. The second-order valence-electron chi connectivity index (χ2n) is 5.36. The molecule has 7 heteroatoms. The summed E-state index contributed by atoms with van der Waals surface area (Å²) in [5.41, 5.74) is 1.12. The lowest BCUT2D eigenvalue weighted by Crippen LogP contribution is -2.48. The van der Waals surface area contributed by atoms with Crippen LogP contribution in [0.1, 0.15) is 36.9 Å². The van der Waals surface area contributed by atoms with Crippen molar-refractivity contribution in [1.29, 1.82) is 0 Å². The highest BCUT2D eigenvalue weighted by Crippen LogP contribution is 2.12. The van der Waals surface area contributed by atoms with Gasteiger partial charge in [0.15, 0.2) is 0 Å². The third kappa shape index (κ3) is 6.96. The predicted molar refractivity (Wildman–Crippen MR) is 92.9 cm³/mol. The van der Waals surface area contributed by atoms with Crippen LogP contribution in [-0.2, 0) is 11.2 Å². The Morgan fingerprint density at radius 1 is 1.52 bits per heavy atom. The fourth-order valence-electron chi connectivity index (χ4n) is 2.46. The van der Waals surface area contributed by atoms with Crippen molar-refractivity contribution in [2.75, 3.05) is 13.1 Å². The number of carbonyl (C=O) groups is 1. The second-order valence-corrected chi connectivity index (χ2v) is 6.42. The van der Waals surface area contributed by atoms with Crippen molar-refractivity contribution in [1.82, 2.24) is 15.6 Å². The van der Waals surface area contributed by atoms with Crippen molar-refractivity contribution < 1.29 is 4.79 Å². The van der Waals surface area contributed by atoms with Crippen molar-refractivity contribution in [3.8, 4) is 0 Å². The zero-order valence-corrected chi connectivity index (χ0v) is 15.0. The first-order valence-corrected chi connectivity index (χ1v) is 7.94. The van der Waals surface area contributed by atoms with Crippen LogP contribution in [0.5, 0.6) is 0 Å². The number of nitrogens with one attached hydrogen (secondary N) is 2. The molecule has 2 atom stereocenters. The van der Waals surface area contributed by atoms with Crippen LogP contribution >= 0.6 is 36.2 Å². The largest absolute Gasteiger partial charge is 0.353 e. The molecule has 2 rings (SSSR count). The minimum atomic E-state index is 0. The third-order valence-corrected chi connectivity index (χ3v) is 4.46. The number of aryl methyl sites for hydroxylation is 2. The van der Waals surface area contributed by atoms with E-state index in [0.717, 1.165) is 43.1 Å². The van der Waals surface area contributed by atoms with E-state index in [9.17, 15) is 4.79 Å². The molecule has 1 saturated heterocycles. The number of aromatic nitrogens is 1. The van der Waals surface area contributed by atoms with Crippen LogP contribution in [0.25, 0.3) is 0 Å². The van der Waals surface area contributed by atoms with Gasteiger partial charge in [0.1, 0.15) is 0 Å². The molecule has 4 nitrogen and oxygen atoms in total. The molecule has 122 valence electrons. The third-order valence-electron chi connectivity index (χ3n) is 3.64. The minimum absolute atomic E-state index is 0. The Bertz CT molecular complexity index is 428. The van der Waals surface area contributed by atoms with Crippen LogP contribution in [0.4, 0.5) is 0 Å². The molecule has 0 bridgehead atoms. The summed E-state index contributed by atoms with van der Waals surface area (Å²) in [6, 6.07) is 0.343. The smallest absolute Gasteiger partial charge is 0.220 e. The predicted octanol–water partition coefficient (Wildman–Crippen LogP) is 2.73. The summed E-state index contributed by atoms with van der Waals surface area (Å²) in [4.78, 5) is 16.3. The molecular formula is C14H25Cl2N3OS. The number of hydrogen-bond acceptors (Lipinski definition) is 4. The summed E-state index contributed by atoms with van der Waals surface area (Å²) in [6.07, 6.45) is 3.43. The van der Waals surface area contributed by atoms with Gasteiger partial charge in [-0.25, -0.2) is 4.98 Å². The van der Waals surface area contributed by atoms with E-state index in [0.29, 0.717) is 18.4 Å². The van der Waals surface area contributed by atoms with Crippen LogP contribution < -0.4 is 10.6 Å². The Labute approximate surface area is 143 Å². The Morgan fingerprint density at radius 2 is 2.29 bits per heavy atom. The van der Waals surface area contributed by atoms with Gasteiger partial charge < -0.3 is 10.6 Å². The van der Waals surface area contributed by atoms with E-state index < -0.39 is 0 Å². The lowest BCUT2D eigenvalue weighted by Gasteiger charge is -2.30. The number of nitrogens with zero attached hydrogens (tertiary/aromatic N) is 1. The standard InChI is InChI=1S/C14H23N3OS.2ClH/c1-10-8-15-7-6-13(10)17-14(18)5-3-4-12-9-19-11(2)16-12;;/h9-10,13,15H,3-8H2,1-2H3,(H,17,18);2*1H. The SMILES string of the molecule is Cc1nc(CCCC(=O)NC2CCNCC2C)cs1.Cl.Cl. The van der Waals surface area contributed by atoms with Crippen molar-refractivity contribution in [3.05, 3.63) is 16.1 Å². The first kappa shape index (κ1) is 20.6. The maximum Gasteiger partial charge on any atom is 0.220 e. The fourth-order valence-corrected chi connectivity index (χ4v) is 3.11. The topological polar surface area (TPSA) is 54.0 Å². The van der Waals surface area contributed by atoms with Crippen molar-refractivity contribution in [2.24, 2.45) is 5.92 Å². The first-order valence-electron chi connectivity index (χ1n) is 7.06. The second kappa shape index (κ2) is 10.4. The van der Waals surface area contributed by atoms with Crippen LogP contribution in [0.2, 0.25) is 0 Å². The molecule has 1 aromatic rings. The molecule has 0 radical (unpaired) electrons. The highest BCUT2D eigenvalue weighted by Gasteiger charge is 2.22. The van der Waals surface area contributed by atoms with E-state index in [1.54, 1.807) is 11.3 Å². The summed E-state index contributed by atoms with van der Waals surface area (Å²) in [5, 5.41) is 9.70. The lowest BCUT2D eigenvalue weighted by molar-refractivity contribution is -0.122.